The molecule has 0 fully saturated rings. The zero-order chi connectivity index (χ0) is 10.6. The number of hydrogen-bond donors (Lipinski definition) is 0. The second kappa shape index (κ2) is 5.53. The fourth-order valence-corrected chi connectivity index (χ4v) is 2.28. The molecule has 1 aromatic rings. The van der Waals surface area contributed by atoms with Crippen molar-refractivity contribution in [2.45, 2.75) is 20.0 Å². The highest BCUT2D eigenvalue weighted by Crippen LogP contribution is 2.29. The molecule has 4 heteroatoms. The fourth-order valence-electron chi connectivity index (χ4n) is 1.41. The largest absolute Gasteiger partial charge is 0.496 e. The van der Waals surface area contributed by atoms with E-state index >= 15 is 0 Å². The van der Waals surface area contributed by atoms with Gasteiger partial charge in [0.15, 0.2) is 0 Å². The van der Waals surface area contributed by atoms with Crippen LogP contribution in [0, 0.1) is 0 Å². The molecule has 0 bridgehead atoms. The van der Waals surface area contributed by atoms with Gasteiger partial charge in [-0.15, -0.1) is 0 Å². The molecule has 0 aliphatic rings. The van der Waals surface area contributed by atoms with Crippen LogP contribution in [0.5, 0.6) is 5.75 Å². The van der Waals surface area contributed by atoms with Crippen molar-refractivity contribution < 1.29 is 9.16 Å². The lowest BCUT2D eigenvalue weighted by atomic mass is 10.1. The topological polar surface area (TPSA) is 18.5 Å². The molecule has 0 radical (unpaired) electrons. The average Bonchev–Trinajstić information content (AvgIpc) is 2.20. The Kier molecular flexibility index (Phi) is 4.64. The number of methoxy groups -OCH3 is 1. The second-order valence-corrected chi connectivity index (χ2v) is 4.47. The summed E-state index contributed by atoms with van der Waals surface area (Å²) in [6.07, 6.45) is 1.02. The van der Waals surface area contributed by atoms with E-state index in [-0.39, 0.29) is 0 Å². The van der Waals surface area contributed by atoms with Gasteiger partial charge in [0.05, 0.1) is 18.2 Å². The van der Waals surface area contributed by atoms with Crippen molar-refractivity contribution in [1.82, 2.24) is 0 Å². The Hall–Kier alpha value is -0.323. The minimum atomic E-state index is 0.693. The van der Waals surface area contributed by atoms with Crippen LogP contribution in [0.2, 0.25) is 0 Å². The number of benzene rings is 1. The van der Waals surface area contributed by atoms with Crippen molar-refractivity contribution >= 4 is 26.4 Å². The Balaban J connectivity index is 3.11. The van der Waals surface area contributed by atoms with Gasteiger partial charge in [-0.25, -0.2) is 0 Å². The van der Waals surface area contributed by atoms with E-state index in [2.05, 4.69) is 28.9 Å². The highest BCUT2D eigenvalue weighted by molar-refractivity contribution is 9.10. The van der Waals surface area contributed by atoms with Crippen LogP contribution in [0.4, 0.5) is 0 Å². The van der Waals surface area contributed by atoms with Gasteiger partial charge in [-0.3, -0.25) is 0 Å². The lowest BCUT2D eigenvalue weighted by Gasteiger charge is -2.11. The lowest BCUT2D eigenvalue weighted by molar-refractivity contribution is 0.335. The molecule has 0 aliphatic carbocycles. The molecule has 0 aliphatic heterocycles. The molecule has 0 saturated carbocycles. The van der Waals surface area contributed by atoms with Crippen molar-refractivity contribution in [2.24, 2.45) is 0 Å². The van der Waals surface area contributed by atoms with Crippen LogP contribution in [-0.4, -0.2) is 17.6 Å². The van der Waals surface area contributed by atoms with Gasteiger partial charge in [0.2, 0.25) is 0 Å². The van der Waals surface area contributed by atoms with Gasteiger partial charge in [0.25, 0.3) is 0 Å². The maximum absolute atomic E-state index is 5.28. The Morgan fingerprint density at radius 3 is 2.57 bits per heavy atom. The summed E-state index contributed by atoms with van der Waals surface area (Å²) in [6.45, 7) is 2.84. The summed E-state index contributed by atoms with van der Waals surface area (Å²) in [5, 5.41) is 0. The van der Waals surface area contributed by atoms with E-state index in [4.69, 9.17) is 9.16 Å². The third-order valence-corrected chi connectivity index (χ3v) is 3.06. The smallest absolute Gasteiger partial charge is 0.146 e. The molecule has 0 spiro atoms. The molecule has 14 heavy (non-hydrogen) atoms. The van der Waals surface area contributed by atoms with E-state index in [0.29, 0.717) is 6.61 Å². The first kappa shape index (κ1) is 11.7. The van der Waals surface area contributed by atoms with Gasteiger partial charge in [0, 0.05) is 0 Å². The zero-order valence-electron chi connectivity index (χ0n) is 8.76. The molecule has 0 saturated heterocycles. The predicted molar refractivity (Wildman–Crippen MR) is 64.8 cm³/mol. The third kappa shape index (κ3) is 2.59. The summed E-state index contributed by atoms with van der Waals surface area (Å²) in [5.74, 6) is 0.871. The summed E-state index contributed by atoms with van der Waals surface area (Å²) < 4.78 is 11.5. The summed E-state index contributed by atoms with van der Waals surface area (Å²) in [5.41, 5.74) is 2.54. The van der Waals surface area contributed by atoms with Gasteiger partial charge in [-0.2, -0.15) is 0 Å². The average molecular weight is 275 g/mol. The maximum Gasteiger partial charge on any atom is 0.146 e. The minimum Gasteiger partial charge on any atom is -0.496 e. The van der Waals surface area contributed by atoms with E-state index in [0.717, 1.165) is 27.1 Å². The quantitative estimate of drug-likeness (QED) is 0.780. The molecule has 78 valence electrons. The van der Waals surface area contributed by atoms with E-state index < -0.39 is 0 Å². The van der Waals surface area contributed by atoms with Gasteiger partial charge >= 0.3 is 0 Å². The van der Waals surface area contributed by atoms with Crippen LogP contribution in [0.3, 0.4) is 0 Å². The molecule has 0 aromatic heterocycles. The monoisotopic (exact) mass is 274 g/mol. The number of hydrogen-bond acceptors (Lipinski definition) is 2. The van der Waals surface area contributed by atoms with Gasteiger partial charge in [-0.1, -0.05) is 6.92 Å². The fraction of sp³-hybridized carbons (Fsp3) is 0.400. The van der Waals surface area contributed by atoms with E-state index in [1.165, 1.54) is 11.1 Å². The van der Waals surface area contributed by atoms with Crippen molar-refractivity contribution in [3.8, 4) is 5.75 Å². The third-order valence-electron chi connectivity index (χ3n) is 2.15. The Morgan fingerprint density at radius 1 is 1.36 bits per heavy atom. The molecule has 2 nitrogen and oxygen atoms in total. The first-order valence-corrected chi connectivity index (χ1v) is 6.18. The number of ether oxygens (including phenoxy) is 1. The standard InChI is InChI=1S/C10H15BrO2Si/c1-3-7-4-9(11)10(12-2)5-8(7)6-13-14/h4-5H,3,6H2,1-2,14H3. The van der Waals surface area contributed by atoms with Crippen molar-refractivity contribution in [1.29, 1.82) is 0 Å². The summed E-state index contributed by atoms with van der Waals surface area (Å²) in [4.78, 5) is 0. The Labute approximate surface area is 96.3 Å². The highest BCUT2D eigenvalue weighted by atomic mass is 79.9. The van der Waals surface area contributed by atoms with Crippen LogP contribution in [0.25, 0.3) is 0 Å². The minimum absolute atomic E-state index is 0.693. The molecular formula is C10H15BrO2Si. The maximum atomic E-state index is 5.28. The molecule has 1 aromatic carbocycles. The summed E-state index contributed by atoms with van der Waals surface area (Å²) in [6, 6.07) is 4.15. The Bertz CT molecular complexity index is 315. The van der Waals surface area contributed by atoms with Crippen molar-refractivity contribution in [3.05, 3.63) is 27.7 Å². The molecule has 0 unspecified atom stereocenters. The molecular weight excluding hydrogens is 260 g/mol. The molecule has 0 atom stereocenters. The molecule has 0 heterocycles. The molecule has 1 rings (SSSR count). The number of rotatable bonds is 4. The van der Waals surface area contributed by atoms with Crippen LogP contribution < -0.4 is 4.74 Å². The van der Waals surface area contributed by atoms with Gasteiger partial charge in [0.1, 0.15) is 16.2 Å². The lowest BCUT2D eigenvalue weighted by Crippen LogP contribution is -1.97. The van der Waals surface area contributed by atoms with E-state index in [1.54, 1.807) is 7.11 Å². The number of halogens is 1. The van der Waals surface area contributed by atoms with Gasteiger partial charge < -0.3 is 9.16 Å². The second-order valence-electron chi connectivity index (χ2n) is 3.04. The summed E-state index contributed by atoms with van der Waals surface area (Å²) >= 11 is 3.48. The molecule has 0 N–H and O–H groups in total. The number of aryl methyl sites for hydroxylation is 1. The predicted octanol–water partition coefficient (Wildman–Crippen LogP) is 1.82. The first-order valence-electron chi connectivity index (χ1n) is 4.57. The van der Waals surface area contributed by atoms with Crippen LogP contribution in [0.1, 0.15) is 18.1 Å². The van der Waals surface area contributed by atoms with Gasteiger partial charge in [-0.05, 0) is 45.6 Å². The van der Waals surface area contributed by atoms with E-state index in [1.807, 2.05) is 6.07 Å². The van der Waals surface area contributed by atoms with Crippen molar-refractivity contribution in [2.75, 3.05) is 7.11 Å². The SMILES string of the molecule is CCc1cc(Br)c(OC)cc1CO[SiH3]. The first-order chi connectivity index (χ1) is 6.72. The summed E-state index contributed by atoms with van der Waals surface area (Å²) in [7, 11) is 2.45. The normalized spacial score (nSPS) is 10.5. The van der Waals surface area contributed by atoms with Crippen LogP contribution >= 0.6 is 15.9 Å². The van der Waals surface area contributed by atoms with Crippen LogP contribution in [0.15, 0.2) is 16.6 Å². The van der Waals surface area contributed by atoms with E-state index in [9.17, 15) is 0 Å². The highest BCUT2D eigenvalue weighted by Gasteiger charge is 2.06. The zero-order valence-corrected chi connectivity index (χ0v) is 12.3. The Morgan fingerprint density at radius 2 is 2.07 bits per heavy atom. The molecule has 0 amide bonds. The van der Waals surface area contributed by atoms with Crippen molar-refractivity contribution in [3.63, 3.8) is 0 Å². The van der Waals surface area contributed by atoms with Crippen LogP contribution in [-0.2, 0) is 17.5 Å².